The fourth-order valence-corrected chi connectivity index (χ4v) is 2.62. The minimum atomic E-state index is -2.89. The van der Waals surface area contributed by atoms with Gasteiger partial charge in [-0.15, -0.1) is 0 Å². The molecule has 0 aliphatic rings. The Labute approximate surface area is 144 Å². The van der Waals surface area contributed by atoms with Gasteiger partial charge in [-0.25, -0.2) is 4.39 Å². The highest BCUT2D eigenvalue weighted by Crippen LogP contribution is 2.29. The molecule has 0 radical (unpaired) electrons. The maximum absolute atomic E-state index is 13.9. The number of nitrogens with two attached hydrogens (primary N) is 1. The summed E-state index contributed by atoms with van der Waals surface area (Å²) >= 11 is 3.16. The number of carbonyl (C=O) groups is 1. The summed E-state index contributed by atoms with van der Waals surface area (Å²) in [4.78, 5) is 11.5. The number of alkyl halides is 2. The van der Waals surface area contributed by atoms with Crippen LogP contribution in [0.2, 0.25) is 0 Å². The fourth-order valence-electron chi connectivity index (χ4n) is 2.19. The molecule has 0 bridgehead atoms. The number of anilines is 1. The molecule has 128 valence electrons. The van der Waals surface area contributed by atoms with Gasteiger partial charge in [0.1, 0.15) is 11.6 Å². The van der Waals surface area contributed by atoms with Crippen LogP contribution in [0.25, 0.3) is 0 Å². The molecule has 4 nitrogen and oxygen atoms in total. The zero-order chi connectivity index (χ0) is 17.9. The largest absolute Gasteiger partial charge is 0.435 e. The number of hydrogen-bond acceptors (Lipinski definition) is 3. The van der Waals surface area contributed by atoms with Crippen molar-refractivity contribution in [2.24, 2.45) is 5.73 Å². The van der Waals surface area contributed by atoms with Crippen molar-refractivity contribution >= 4 is 27.5 Å². The second-order valence-electron chi connectivity index (χ2n) is 4.99. The van der Waals surface area contributed by atoms with Crippen LogP contribution in [0.1, 0.15) is 28.9 Å². The number of ether oxygens (including phenoxy) is 1. The van der Waals surface area contributed by atoms with Gasteiger partial charge in [-0.05, 0) is 36.8 Å². The predicted molar refractivity (Wildman–Crippen MR) is 87.7 cm³/mol. The summed E-state index contributed by atoms with van der Waals surface area (Å²) in [6.45, 7) is -1.12. The molecule has 2 aromatic rings. The van der Waals surface area contributed by atoms with E-state index in [0.29, 0.717) is 4.47 Å². The molecule has 24 heavy (non-hydrogen) atoms. The van der Waals surface area contributed by atoms with Crippen LogP contribution in [-0.4, -0.2) is 12.5 Å². The summed E-state index contributed by atoms with van der Waals surface area (Å²) in [6, 6.07) is 8.32. The van der Waals surface area contributed by atoms with Crippen molar-refractivity contribution in [1.82, 2.24) is 0 Å². The molecular weight excluding hydrogens is 389 g/mol. The molecule has 0 spiro atoms. The lowest BCUT2D eigenvalue weighted by atomic mass is 10.1. The second-order valence-corrected chi connectivity index (χ2v) is 5.90. The Balaban J connectivity index is 2.23. The summed E-state index contributed by atoms with van der Waals surface area (Å²) in [5.41, 5.74) is 5.94. The van der Waals surface area contributed by atoms with Crippen LogP contribution in [0, 0.1) is 5.82 Å². The molecule has 0 aromatic heterocycles. The Morgan fingerprint density at radius 2 is 1.88 bits per heavy atom. The van der Waals surface area contributed by atoms with Gasteiger partial charge >= 0.3 is 6.61 Å². The molecule has 1 unspecified atom stereocenters. The molecular formula is C16H14BrF3N2O2. The van der Waals surface area contributed by atoms with E-state index in [-0.39, 0.29) is 23.0 Å². The topological polar surface area (TPSA) is 64.3 Å². The standard InChI is InChI=1S/C16H14BrF3N2O2/c1-8(9-2-4-11(5-3-9)24-16(19)20)22-13-7-10(17)6-12(18)14(13)15(21)23/h2-8,16,22H,1H3,(H2,21,23). The lowest BCUT2D eigenvalue weighted by molar-refractivity contribution is -0.0498. The monoisotopic (exact) mass is 402 g/mol. The highest BCUT2D eigenvalue weighted by Gasteiger charge is 2.17. The first kappa shape index (κ1) is 18.1. The van der Waals surface area contributed by atoms with Crippen LogP contribution >= 0.6 is 15.9 Å². The molecule has 2 aromatic carbocycles. The summed E-state index contributed by atoms with van der Waals surface area (Å²) in [5.74, 6) is -1.60. The molecule has 0 saturated heterocycles. The Morgan fingerprint density at radius 3 is 2.42 bits per heavy atom. The van der Waals surface area contributed by atoms with E-state index in [9.17, 15) is 18.0 Å². The molecule has 1 atom stereocenters. The lowest BCUT2D eigenvalue weighted by Gasteiger charge is -2.18. The third-order valence-electron chi connectivity index (χ3n) is 3.28. The Kier molecular flexibility index (Phi) is 5.71. The average Bonchev–Trinajstić information content (AvgIpc) is 2.45. The van der Waals surface area contributed by atoms with Crippen molar-refractivity contribution in [2.45, 2.75) is 19.6 Å². The third kappa shape index (κ3) is 4.41. The van der Waals surface area contributed by atoms with Gasteiger partial charge < -0.3 is 15.8 Å². The van der Waals surface area contributed by atoms with Crippen molar-refractivity contribution in [1.29, 1.82) is 0 Å². The number of primary amides is 1. The van der Waals surface area contributed by atoms with Crippen LogP contribution < -0.4 is 15.8 Å². The van der Waals surface area contributed by atoms with E-state index in [1.165, 1.54) is 18.2 Å². The van der Waals surface area contributed by atoms with Crippen molar-refractivity contribution in [2.75, 3.05) is 5.32 Å². The fraction of sp³-hybridized carbons (Fsp3) is 0.188. The highest BCUT2D eigenvalue weighted by molar-refractivity contribution is 9.10. The maximum Gasteiger partial charge on any atom is 0.387 e. The first-order chi connectivity index (χ1) is 11.3. The Bertz CT molecular complexity index is 739. The molecule has 0 heterocycles. The van der Waals surface area contributed by atoms with Gasteiger partial charge in [0, 0.05) is 10.5 Å². The van der Waals surface area contributed by atoms with Gasteiger partial charge in [0.05, 0.1) is 11.3 Å². The first-order valence-corrected chi connectivity index (χ1v) is 7.67. The zero-order valence-corrected chi connectivity index (χ0v) is 14.1. The van der Waals surface area contributed by atoms with Gasteiger partial charge in [-0.2, -0.15) is 8.78 Å². The van der Waals surface area contributed by atoms with E-state index in [0.717, 1.165) is 11.6 Å². The molecule has 2 rings (SSSR count). The van der Waals surface area contributed by atoms with Crippen LogP contribution in [0.5, 0.6) is 5.75 Å². The molecule has 3 N–H and O–H groups in total. The number of hydrogen-bond donors (Lipinski definition) is 2. The second kappa shape index (κ2) is 7.57. The molecule has 0 saturated carbocycles. The van der Waals surface area contributed by atoms with Crippen LogP contribution in [-0.2, 0) is 0 Å². The number of halogens is 4. The van der Waals surface area contributed by atoms with Gasteiger partial charge in [0.2, 0.25) is 0 Å². The van der Waals surface area contributed by atoms with E-state index in [4.69, 9.17) is 5.73 Å². The zero-order valence-electron chi connectivity index (χ0n) is 12.5. The summed E-state index contributed by atoms with van der Waals surface area (Å²) < 4.78 is 42.9. The van der Waals surface area contributed by atoms with Gasteiger partial charge in [0.25, 0.3) is 5.91 Å². The predicted octanol–water partition coefficient (Wildman–Crippen LogP) is 4.46. The minimum Gasteiger partial charge on any atom is -0.435 e. The SMILES string of the molecule is CC(Nc1cc(Br)cc(F)c1C(N)=O)c1ccc(OC(F)F)cc1. The highest BCUT2D eigenvalue weighted by atomic mass is 79.9. The van der Waals surface area contributed by atoms with Crippen molar-refractivity contribution in [3.8, 4) is 5.75 Å². The maximum atomic E-state index is 13.9. The van der Waals surface area contributed by atoms with E-state index in [2.05, 4.69) is 26.0 Å². The first-order valence-electron chi connectivity index (χ1n) is 6.88. The summed E-state index contributed by atoms with van der Waals surface area (Å²) in [5, 5.41) is 2.99. The number of benzene rings is 2. The molecule has 0 aliphatic carbocycles. The van der Waals surface area contributed by atoms with Crippen LogP contribution in [0.4, 0.5) is 18.9 Å². The van der Waals surface area contributed by atoms with E-state index < -0.39 is 18.3 Å². The third-order valence-corrected chi connectivity index (χ3v) is 3.74. The van der Waals surface area contributed by atoms with Crippen LogP contribution in [0.3, 0.4) is 0 Å². The van der Waals surface area contributed by atoms with Gasteiger partial charge in [-0.3, -0.25) is 4.79 Å². The van der Waals surface area contributed by atoms with Crippen LogP contribution in [0.15, 0.2) is 40.9 Å². The van der Waals surface area contributed by atoms with E-state index >= 15 is 0 Å². The molecule has 1 amide bonds. The molecule has 0 fully saturated rings. The van der Waals surface area contributed by atoms with Crippen molar-refractivity contribution < 1.29 is 22.7 Å². The van der Waals surface area contributed by atoms with Crippen molar-refractivity contribution in [3.05, 3.63) is 57.8 Å². The van der Waals surface area contributed by atoms with Gasteiger partial charge in [-0.1, -0.05) is 28.1 Å². The van der Waals surface area contributed by atoms with Gasteiger partial charge in [0.15, 0.2) is 0 Å². The van der Waals surface area contributed by atoms with E-state index in [1.807, 2.05) is 0 Å². The average molecular weight is 403 g/mol. The van der Waals surface area contributed by atoms with Crippen molar-refractivity contribution in [3.63, 3.8) is 0 Å². The quantitative estimate of drug-likeness (QED) is 0.749. The normalized spacial score (nSPS) is 12.1. The number of carbonyl (C=O) groups excluding carboxylic acids is 1. The Hall–Kier alpha value is -2.22. The number of amides is 1. The minimum absolute atomic E-state index is 0.0345. The number of rotatable bonds is 6. The summed E-state index contributed by atoms with van der Waals surface area (Å²) in [7, 11) is 0. The summed E-state index contributed by atoms with van der Waals surface area (Å²) in [6.07, 6.45) is 0. The number of nitrogens with one attached hydrogen (secondary N) is 1. The Morgan fingerprint density at radius 1 is 1.25 bits per heavy atom. The lowest BCUT2D eigenvalue weighted by Crippen LogP contribution is -2.18. The molecule has 0 aliphatic heterocycles. The molecule has 8 heteroatoms. The van der Waals surface area contributed by atoms with E-state index in [1.54, 1.807) is 19.1 Å². The smallest absolute Gasteiger partial charge is 0.387 e.